The minimum atomic E-state index is -1.70. The van der Waals surface area contributed by atoms with Gasteiger partial charge >= 0.3 is 29.6 Å². The van der Waals surface area contributed by atoms with E-state index in [4.69, 9.17) is 18.9 Å². The van der Waals surface area contributed by atoms with Crippen LogP contribution in [0.3, 0.4) is 0 Å². The van der Waals surface area contributed by atoms with Crippen molar-refractivity contribution < 1.29 is 47.7 Å². The molecule has 0 spiro atoms. The first-order valence-corrected chi connectivity index (χ1v) is 9.27. The van der Waals surface area contributed by atoms with Crippen LogP contribution in [0.2, 0.25) is 0 Å². The number of nitrogens with zero attached hydrogens (tertiary/aromatic N) is 2. The summed E-state index contributed by atoms with van der Waals surface area (Å²) in [4.78, 5) is 83.1. The second kappa shape index (κ2) is 11.0. The molecular formula is C19H24N2O11. The molecular weight excluding hydrogens is 432 g/mol. The van der Waals surface area contributed by atoms with E-state index in [1.54, 1.807) is 0 Å². The minimum absolute atomic E-state index is 0.334. The summed E-state index contributed by atoms with van der Waals surface area (Å²) in [6.07, 6.45) is -3.92. The van der Waals surface area contributed by atoms with Gasteiger partial charge in [-0.3, -0.25) is 28.8 Å². The van der Waals surface area contributed by atoms with Crippen molar-refractivity contribution in [3.8, 4) is 0 Å². The summed E-state index contributed by atoms with van der Waals surface area (Å²) in [5.41, 5.74) is -1.39. The molecule has 0 saturated heterocycles. The Morgan fingerprint density at radius 2 is 1.31 bits per heavy atom. The Morgan fingerprint density at radius 3 is 1.72 bits per heavy atom. The highest BCUT2D eigenvalue weighted by atomic mass is 16.6. The summed E-state index contributed by atoms with van der Waals surface area (Å²) in [5, 5.41) is 0. The number of carbonyl (C=O) groups excluding carboxylic acids is 6. The van der Waals surface area contributed by atoms with Crippen LogP contribution in [-0.2, 0) is 38.1 Å². The molecule has 0 saturated carbocycles. The maximum absolute atomic E-state index is 12.6. The number of hydrogen-bond acceptors (Lipinski definition) is 11. The molecule has 1 rings (SSSR count). The van der Waals surface area contributed by atoms with Gasteiger partial charge in [-0.1, -0.05) is 0 Å². The molecule has 0 bridgehead atoms. The zero-order valence-electron chi connectivity index (χ0n) is 18.4. The van der Waals surface area contributed by atoms with Gasteiger partial charge in [-0.05, 0) is 0 Å². The molecule has 0 N–H and O–H groups in total. The maximum Gasteiger partial charge on any atom is 0.342 e. The number of imidazole rings is 1. The fraction of sp³-hybridized carbons (Fsp3) is 0.526. The normalized spacial score (nSPS) is 13.3. The van der Waals surface area contributed by atoms with Crippen LogP contribution in [0.15, 0.2) is 11.0 Å². The topological polar surface area (TPSA) is 166 Å². The number of rotatable bonds is 8. The number of ether oxygens (including phenoxy) is 4. The van der Waals surface area contributed by atoms with Gasteiger partial charge in [0.1, 0.15) is 6.61 Å². The molecule has 0 radical (unpaired) electrons. The quantitative estimate of drug-likeness (QED) is 0.381. The summed E-state index contributed by atoms with van der Waals surface area (Å²) in [5.74, 6) is -5.03. The van der Waals surface area contributed by atoms with E-state index in [1.165, 1.54) is 0 Å². The molecule has 0 unspecified atom stereocenters. The summed E-state index contributed by atoms with van der Waals surface area (Å²) in [7, 11) is 0. The fourth-order valence-electron chi connectivity index (χ4n) is 2.81. The molecule has 0 fully saturated rings. The van der Waals surface area contributed by atoms with Crippen LogP contribution < -0.4 is 5.69 Å². The van der Waals surface area contributed by atoms with Crippen LogP contribution in [0, 0.1) is 0 Å². The Labute approximate surface area is 182 Å². The molecule has 13 nitrogen and oxygen atoms in total. The number of aromatic nitrogens is 2. The molecule has 176 valence electrons. The molecule has 0 aliphatic rings. The van der Waals surface area contributed by atoms with Gasteiger partial charge in [0.15, 0.2) is 18.3 Å². The fourth-order valence-corrected chi connectivity index (χ4v) is 2.81. The van der Waals surface area contributed by atoms with E-state index in [-0.39, 0.29) is 5.69 Å². The highest BCUT2D eigenvalue weighted by Gasteiger charge is 2.42. The summed E-state index contributed by atoms with van der Waals surface area (Å²) in [6.45, 7) is 5.59. The Bertz CT molecular complexity index is 988. The second-order valence-corrected chi connectivity index (χ2v) is 6.63. The summed E-state index contributed by atoms with van der Waals surface area (Å²) < 4.78 is 21.5. The lowest BCUT2D eigenvalue weighted by Crippen LogP contribution is -2.44. The number of hydrogen-bond donors (Lipinski definition) is 0. The van der Waals surface area contributed by atoms with Crippen molar-refractivity contribution in [2.24, 2.45) is 0 Å². The van der Waals surface area contributed by atoms with Crippen molar-refractivity contribution in [2.45, 2.75) is 59.9 Å². The van der Waals surface area contributed by atoms with Gasteiger partial charge in [-0.15, -0.1) is 0 Å². The Hall–Kier alpha value is -3.77. The molecule has 13 heteroatoms. The van der Waals surface area contributed by atoms with Crippen molar-refractivity contribution in [1.82, 2.24) is 9.13 Å². The smallest absolute Gasteiger partial charge is 0.342 e. The molecule has 32 heavy (non-hydrogen) atoms. The zero-order chi connectivity index (χ0) is 24.7. The highest BCUT2D eigenvalue weighted by molar-refractivity contribution is 5.80. The lowest BCUT2D eigenvalue weighted by atomic mass is 10.0. The largest absolute Gasteiger partial charge is 0.462 e. The van der Waals surface area contributed by atoms with Crippen molar-refractivity contribution in [2.75, 3.05) is 6.61 Å². The Balaban J connectivity index is 3.77. The molecule has 0 aromatic carbocycles. The van der Waals surface area contributed by atoms with Gasteiger partial charge in [-0.2, -0.15) is 0 Å². The first-order chi connectivity index (χ1) is 14.8. The van der Waals surface area contributed by atoms with Crippen molar-refractivity contribution in [3.63, 3.8) is 0 Å². The standard InChI is InChI=1S/C19H24N2O11/c1-9(22)20-7-15(21(10(2)23)19(20)28)17(31-13(5)26)18(32-14(6)27)16(30-12(4)25)8-29-11(3)24/h7,16-18H,8H2,1-6H3/t16-,17+,18+/m0/s1. The molecule has 1 aromatic rings. The van der Waals surface area contributed by atoms with Crippen LogP contribution in [0.25, 0.3) is 0 Å². The number of esters is 4. The van der Waals surface area contributed by atoms with E-state index in [0.717, 1.165) is 47.7 Å². The molecule has 3 atom stereocenters. The molecule has 0 amide bonds. The van der Waals surface area contributed by atoms with Crippen molar-refractivity contribution in [1.29, 1.82) is 0 Å². The first-order valence-electron chi connectivity index (χ1n) is 9.27. The third kappa shape index (κ3) is 6.89. The van der Waals surface area contributed by atoms with E-state index < -0.39 is 66.3 Å². The van der Waals surface area contributed by atoms with E-state index in [9.17, 15) is 33.6 Å². The SMILES string of the molecule is CC(=O)OC[C@H](OC(C)=O)[C@@H](OC(C)=O)[C@H](OC(C)=O)c1cn(C(C)=O)c(=O)n1C(C)=O. The molecule has 1 heterocycles. The molecule has 0 aliphatic carbocycles. The van der Waals surface area contributed by atoms with E-state index >= 15 is 0 Å². The monoisotopic (exact) mass is 456 g/mol. The lowest BCUT2D eigenvalue weighted by Gasteiger charge is -2.31. The molecule has 1 aromatic heterocycles. The Morgan fingerprint density at radius 1 is 0.781 bits per heavy atom. The predicted molar refractivity (Wildman–Crippen MR) is 104 cm³/mol. The van der Waals surface area contributed by atoms with Gasteiger partial charge in [-0.25, -0.2) is 13.9 Å². The van der Waals surface area contributed by atoms with Gasteiger partial charge < -0.3 is 18.9 Å². The third-order valence-electron chi connectivity index (χ3n) is 3.89. The third-order valence-corrected chi connectivity index (χ3v) is 3.89. The van der Waals surface area contributed by atoms with Crippen molar-refractivity contribution >= 4 is 35.7 Å². The van der Waals surface area contributed by atoms with E-state index in [2.05, 4.69) is 0 Å². The zero-order valence-corrected chi connectivity index (χ0v) is 18.4. The molecule has 0 aliphatic heterocycles. The van der Waals surface area contributed by atoms with Crippen LogP contribution in [-0.4, -0.2) is 63.6 Å². The van der Waals surface area contributed by atoms with Crippen LogP contribution in [0.4, 0.5) is 0 Å². The highest BCUT2D eigenvalue weighted by Crippen LogP contribution is 2.28. The van der Waals surface area contributed by atoms with Gasteiger partial charge in [0.05, 0.1) is 5.69 Å². The summed E-state index contributed by atoms with van der Waals surface area (Å²) in [6, 6.07) is 0. The predicted octanol–water partition coefficient (Wildman–Crippen LogP) is 0.000700. The van der Waals surface area contributed by atoms with Crippen LogP contribution >= 0.6 is 0 Å². The average molecular weight is 456 g/mol. The van der Waals surface area contributed by atoms with E-state index in [1.807, 2.05) is 0 Å². The summed E-state index contributed by atoms with van der Waals surface area (Å²) >= 11 is 0. The van der Waals surface area contributed by atoms with Gasteiger partial charge in [0.25, 0.3) is 0 Å². The lowest BCUT2D eigenvalue weighted by molar-refractivity contribution is -0.190. The second-order valence-electron chi connectivity index (χ2n) is 6.63. The van der Waals surface area contributed by atoms with Crippen molar-refractivity contribution in [3.05, 3.63) is 22.4 Å². The first kappa shape index (κ1) is 26.3. The average Bonchev–Trinajstić information content (AvgIpc) is 2.98. The van der Waals surface area contributed by atoms with Gasteiger partial charge in [0.2, 0.25) is 11.8 Å². The van der Waals surface area contributed by atoms with Crippen LogP contribution in [0.5, 0.6) is 0 Å². The van der Waals surface area contributed by atoms with Crippen LogP contribution in [0.1, 0.15) is 62.9 Å². The number of carbonyl (C=O) groups is 6. The van der Waals surface area contributed by atoms with Gasteiger partial charge in [0, 0.05) is 47.7 Å². The minimum Gasteiger partial charge on any atom is -0.462 e. The van der Waals surface area contributed by atoms with E-state index in [0.29, 0.717) is 9.13 Å². The maximum atomic E-state index is 12.6. The Kier molecular flexibility index (Phi) is 9.05.